The van der Waals surface area contributed by atoms with E-state index in [-0.39, 0.29) is 26.4 Å². The third-order valence-electron chi connectivity index (χ3n) is 5.15. The van der Waals surface area contributed by atoms with Gasteiger partial charge in [0.25, 0.3) is 23.6 Å². The van der Waals surface area contributed by atoms with Crippen LogP contribution >= 0.6 is 0 Å². The summed E-state index contributed by atoms with van der Waals surface area (Å²) in [4.78, 5) is 72.2. The molecule has 0 saturated heterocycles. The van der Waals surface area contributed by atoms with Crippen molar-refractivity contribution in [1.29, 1.82) is 0 Å². The van der Waals surface area contributed by atoms with Gasteiger partial charge in [0.2, 0.25) is 0 Å². The smallest absolute Gasteiger partial charge is 0.409 e. The molecule has 0 fully saturated rings. The van der Waals surface area contributed by atoms with E-state index >= 15 is 0 Å². The molecule has 0 bridgehead atoms. The standard InChI is InChI=1S/C23H32N4O11/c1-13(24-22(33)37-15(3)26-18(29)5-6-19(26)30)10-35-12-17(9-28)36-11-14(2)25-23(34)38-16(4)27-20(31)7-8-21(27)32/h5-8,13-17,28H,9-12H2,1-4H3,(H,24,33)(H,25,34). The van der Waals surface area contributed by atoms with Crippen LogP contribution in [-0.2, 0) is 38.1 Å². The average Bonchev–Trinajstić information content (AvgIpc) is 3.35. The van der Waals surface area contributed by atoms with Gasteiger partial charge in [0.05, 0.1) is 38.5 Å². The van der Waals surface area contributed by atoms with E-state index in [1.54, 1.807) is 13.8 Å². The number of carbonyl (C=O) groups excluding carboxylic acids is 6. The lowest BCUT2D eigenvalue weighted by molar-refractivity contribution is -0.148. The maximum absolute atomic E-state index is 12.0. The van der Waals surface area contributed by atoms with Crippen LogP contribution in [0.4, 0.5) is 9.59 Å². The van der Waals surface area contributed by atoms with Crippen LogP contribution in [0.5, 0.6) is 0 Å². The molecule has 0 radical (unpaired) electrons. The molecule has 6 amide bonds. The summed E-state index contributed by atoms with van der Waals surface area (Å²) in [5.41, 5.74) is 0. The van der Waals surface area contributed by atoms with Crippen molar-refractivity contribution >= 4 is 35.8 Å². The van der Waals surface area contributed by atoms with E-state index in [9.17, 15) is 33.9 Å². The van der Waals surface area contributed by atoms with Crippen LogP contribution < -0.4 is 10.6 Å². The number of hydrogen-bond donors (Lipinski definition) is 3. The fourth-order valence-corrected chi connectivity index (χ4v) is 3.32. The van der Waals surface area contributed by atoms with E-state index in [4.69, 9.17) is 18.9 Å². The highest BCUT2D eigenvalue weighted by Gasteiger charge is 2.32. The van der Waals surface area contributed by atoms with E-state index in [0.717, 1.165) is 34.1 Å². The van der Waals surface area contributed by atoms with Gasteiger partial charge in [0.15, 0.2) is 12.5 Å². The van der Waals surface area contributed by atoms with Crippen LogP contribution in [0.2, 0.25) is 0 Å². The quantitative estimate of drug-likeness (QED) is 0.233. The van der Waals surface area contributed by atoms with Gasteiger partial charge in [0.1, 0.15) is 6.10 Å². The lowest BCUT2D eigenvalue weighted by atomic mass is 10.3. The second-order valence-corrected chi connectivity index (χ2v) is 8.54. The molecule has 2 rings (SSSR count). The number of rotatable bonds is 14. The van der Waals surface area contributed by atoms with E-state index < -0.39 is 66.5 Å². The van der Waals surface area contributed by atoms with Gasteiger partial charge in [-0.1, -0.05) is 0 Å². The Morgan fingerprint density at radius 2 is 1.13 bits per heavy atom. The van der Waals surface area contributed by atoms with Crippen molar-refractivity contribution in [2.45, 2.75) is 58.3 Å². The minimum Gasteiger partial charge on any atom is -0.425 e. The van der Waals surface area contributed by atoms with Gasteiger partial charge < -0.3 is 34.7 Å². The van der Waals surface area contributed by atoms with Crippen molar-refractivity contribution in [1.82, 2.24) is 20.4 Å². The third-order valence-corrected chi connectivity index (χ3v) is 5.15. The molecule has 210 valence electrons. The molecule has 0 aromatic rings. The van der Waals surface area contributed by atoms with E-state index in [0.29, 0.717) is 0 Å². The maximum Gasteiger partial charge on any atom is 0.409 e. The Labute approximate surface area is 218 Å². The molecule has 0 spiro atoms. The fourth-order valence-electron chi connectivity index (χ4n) is 3.32. The van der Waals surface area contributed by atoms with Crippen LogP contribution in [0.1, 0.15) is 27.7 Å². The zero-order chi connectivity index (χ0) is 28.4. The second-order valence-electron chi connectivity index (χ2n) is 8.54. The summed E-state index contributed by atoms with van der Waals surface area (Å²) >= 11 is 0. The number of aliphatic hydroxyl groups excluding tert-OH is 1. The highest BCUT2D eigenvalue weighted by atomic mass is 16.6. The lowest BCUT2D eigenvalue weighted by Crippen LogP contribution is -2.45. The highest BCUT2D eigenvalue weighted by Crippen LogP contribution is 2.11. The summed E-state index contributed by atoms with van der Waals surface area (Å²) in [6, 6.07) is -1.06. The van der Waals surface area contributed by atoms with Gasteiger partial charge in [-0.05, 0) is 27.7 Å². The minimum absolute atomic E-state index is 0.0119. The zero-order valence-corrected chi connectivity index (χ0v) is 21.4. The average molecular weight is 541 g/mol. The number of ether oxygens (including phenoxy) is 4. The summed E-state index contributed by atoms with van der Waals surface area (Å²) in [5.74, 6) is -2.32. The fraction of sp³-hybridized carbons (Fsp3) is 0.565. The Kier molecular flexibility index (Phi) is 11.4. The lowest BCUT2D eigenvalue weighted by Gasteiger charge is -2.24. The predicted octanol–water partition coefficient (Wildman–Crippen LogP) is -0.848. The molecule has 0 aromatic carbocycles. The van der Waals surface area contributed by atoms with Crippen LogP contribution in [0.3, 0.4) is 0 Å². The van der Waals surface area contributed by atoms with Crippen molar-refractivity contribution in [3.63, 3.8) is 0 Å². The Balaban J connectivity index is 1.63. The summed E-state index contributed by atoms with van der Waals surface area (Å²) in [7, 11) is 0. The summed E-state index contributed by atoms with van der Waals surface area (Å²) < 4.78 is 21.1. The molecule has 2 aliphatic heterocycles. The van der Waals surface area contributed by atoms with Gasteiger partial charge in [-0.2, -0.15) is 0 Å². The van der Waals surface area contributed by atoms with Crippen molar-refractivity contribution in [3.05, 3.63) is 24.3 Å². The second kappa shape index (κ2) is 14.2. The number of nitrogens with one attached hydrogen (secondary N) is 2. The molecule has 5 atom stereocenters. The number of alkyl carbamates (subject to hydrolysis) is 2. The molecule has 2 heterocycles. The van der Waals surface area contributed by atoms with Crippen molar-refractivity contribution in [3.8, 4) is 0 Å². The SMILES string of the molecule is CC(COCC(CO)OCC(C)NC(=O)OC(C)N1C(=O)C=CC1=O)NC(=O)OC(C)N1C(=O)C=CC1=O. The van der Waals surface area contributed by atoms with Crippen LogP contribution in [0, 0.1) is 0 Å². The first kappa shape index (κ1) is 30.4. The van der Waals surface area contributed by atoms with Crippen molar-refractivity contribution < 1.29 is 52.8 Å². The molecule has 3 N–H and O–H groups in total. The monoisotopic (exact) mass is 540 g/mol. The number of amides is 6. The molecular formula is C23H32N4O11. The first-order valence-electron chi connectivity index (χ1n) is 11.8. The largest absolute Gasteiger partial charge is 0.425 e. The number of nitrogens with zero attached hydrogens (tertiary/aromatic N) is 2. The van der Waals surface area contributed by atoms with E-state index in [1.165, 1.54) is 13.8 Å². The van der Waals surface area contributed by atoms with Gasteiger partial charge in [-0.3, -0.25) is 19.2 Å². The highest BCUT2D eigenvalue weighted by molar-refractivity contribution is 6.13. The summed E-state index contributed by atoms with van der Waals surface area (Å²) in [6.45, 7) is 5.63. The molecule has 5 unspecified atom stereocenters. The Morgan fingerprint density at radius 1 is 0.737 bits per heavy atom. The van der Waals surface area contributed by atoms with E-state index in [2.05, 4.69) is 10.6 Å². The summed E-state index contributed by atoms with van der Waals surface area (Å²) in [6.07, 6.45) is -0.330. The van der Waals surface area contributed by atoms with Gasteiger partial charge >= 0.3 is 12.2 Å². The van der Waals surface area contributed by atoms with Crippen molar-refractivity contribution in [2.24, 2.45) is 0 Å². The normalized spacial score (nSPS) is 18.9. The van der Waals surface area contributed by atoms with Crippen LogP contribution in [0.15, 0.2) is 24.3 Å². The van der Waals surface area contributed by atoms with Crippen LogP contribution in [0.25, 0.3) is 0 Å². The number of hydrogen-bond acceptors (Lipinski definition) is 11. The van der Waals surface area contributed by atoms with E-state index in [1.807, 2.05) is 0 Å². The molecule has 15 heteroatoms. The number of carbonyl (C=O) groups is 6. The molecule has 0 aliphatic carbocycles. The zero-order valence-electron chi connectivity index (χ0n) is 21.4. The molecule has 2 aliphatic rings. The minimum atomic E-state index is -1.10. The third kappa shape index (κ3) is 8.93. The molecular weight excluding hydrogens is 508 g/mol. The predicted molar refractivity (Wildman–Crippen MR) is 127 cm³/mol. The maximum atomic E-state index is 12.0. The van der Waals surface area contributed by atoms with Gasteiger partial charge in [0, 0.05) is 24.3 Å². The first-order valence-corrected chi connectivity index (χ1v) is 11.8. The number of imide groups is 2. The van der Waals surface area contributed by atoms with Gasteiger partial charge in [-0.15, -0.1) is 0 Å². The molecule has 0 aromatic heterocycles. The summed E-state index contributed by atoms with van der Waals surface area (Å²) in [5, 5.41) is 14.5. The first-order chi connectivity index (χ1) is 17.9. The number of aliphatic hydroxyl groups is 1. The molecule has 0 saturated carbocycles. The van der Waals surface area contributed by atoms with Crippen LogP contribution in [-0.4, -0.2) is 108 Å². The van der Waals surface area contributed by atoms with Gasteiger partial charge in [-0.25, -0.2) is 19.4 Å². The molecule has 38 heavy (non-hydrogen) atoms. The topological polar surface area (TPSA) is 190 Å². The Hall–Kier alpha value is -3.82. The molecule has 15 nitrogen and oxygen atoms in total. The Morgan fingerprint density at radius 3 is 1.53 bits per heavy atom. The Bertz CT molecular complexity index is 946. The van der Waals surface area contributed by atoms with Crippen molar-refractivity contribution in [2.75, 3.05) is 26.4 Å².